The lowest BCUT2D eigenvalue weighted by Crippen LogP contribution is -2.40. The van der Waals surface area contributed by atoms with Crippen LogP contribution in [-0.4, -0.2) is 22.3 Å². The van der Waals surface area contributed by atoms with Crippen LogP contribution in [0.25, 0.3) is 0 Å². The number of hydrogen-bond acceptors (Lipinski definition) is 4. The van der Waals surface area contributed by atoms with Crippen molar-refractivity contribution in [2.45, 2.75) is 26.3 Å². The number of nitrogens with zero attached hydrogens (tertiary/aromatic N) is 2. The molecule has 122 valence electrons. The number of carbonyl (C=O) groups excluding carboxylic acids is 2. The van der Waals surface area contributed by atoms with Gasteiger partial charge >= 0.3 is 0 Å². The molecule has 0 spiro atoms. The highest BCUT2D eigenvalue weighted by Crippen LogP contribution is 2.15. The predicted molar refractivity (Wildman–Crippen MR) is 90.6 cm³/mol. The molecule has 2 aromatic rings. The lowest BCUT2D eigenvalue weighted by atomic mass is 10.1. The summed E-state index contributed by atoms with van der Waals surface area (Å²) >= 11 is 0. The second-order valence-electron chi connectivity index (χ2n) is 6.28. The van der Waals surface area contributed by atoms with E-state index in [-0.39, 0.29) is 17.0 Å². The molecule has 2 amide bonds. The molecule has 6 nitrogen and oxygen atoms in total. The van der Waals surface area contributed by atoms with Crippen LogP contribution in [0.3, 0.4) is 0 Å². The fourth-order valence-electron chi connectivity index (χ4n) is 1.99. The van der Waals surface area contributed by atoms with E-state index in [1.54, 1.807) is 24.3 Å². The second-order valence-corrected chi connectivity index (χ2v) is 6.28. The largest absolute Gasteiger partial charge is 0.347 e. The van der Waals surface area contributed by atoms with Gasteiger partial charge in [-0.25, -0.2) is 0 Å². The number of para-hydroxylation sites is 1. The average molecular weight is 322 g/mol. The van der Waals surface area contributed by atoms with Gasteiger partial charge in [-0.2, -0.15) is 5.26 Å². The number of hydrogen-bond donors (Lipinski definition) is 2. The van der Waals surface area contributed by atoms with Crippen LogP contribution in [0.5, 0.6) is 0 Å². The van der Waals surface area contributed by atoms with Crippen molar-refractivity contribution in [2.24, 2.45) is 0 Å². The molecule has 2 rings (SSSR count). The normalized spacial score (nSPS) is 10.6. The van der Waals surface area contributed by atoms with Gasteiger partial charge in [0.05, 0.1) is 22.4 Å². The smallest absolute Gasteiger partial charge is 0.257 e. The number of nitrogens with one attached hydrogen (secondary N) is 2. The molecule has 2 N–H and O–H groups in total. The Morgan fingerprint density at radius 2 is 1.71 bits per heavy atom. The standard InChI is InChI=1S/C18H18N4O2/c1-18(2,3)22-17(24)14-8-13(10-20-11-14)16(23)21-15-7-5-4-6-12(15)9-19/h4-8,10-11H,1-3H3,(H,21,23)(H,22,24). The highest BCUT2D eigenvalue weighted by molar-refractivity contribution is 6.06. The van der Waals surface area contributed by atoms with Crippen molar-refractivity contribution in [2.75, 3.05) is 5.32 Å². The third-order valence-corrected chi connectivity index (χ3v) is 3.05. The van der Waals surface area contributed by atoms with Gasteiger partial charge in [-0.15, -0.1) is 0 Å². The average Bonchev–Trinajstić information content (AvgIpc) is 2.54. The van der Waals surface area contributed by atoms with Gasteiger partial charge in [0.25, 0.3) is 11.8 Å². The summed E-state index contributed by atoms with van der Waals surface area (Å²) in [5.74, 6) is -0.738. The van der Waals surface area contributed by atoms with E-state index in [9.17, 15) is 9.59 Å². The molecule has 0 aliphatic rings. The van der Waals surface area contributed by atoms with Gasteiger partial charge < -0.3 is 10.6 Å². The summed E-state index contributed by atoms with van der Waals surface area (Å²) in [6.45, 7) is 5.61. The van der Waals surface area contributed by atoms with Crippen LogP contribution in [0.1, 0.15) is 47.1 Å². The number of anilines is 1. The molecule has 1 aromatic heterocycles. The van der Waals surface area contributed by atoms with E-state index in [0.717, 1.165) is 0 Å². The van der Waals surface area contributed by atoms with Crippen LogP contribution in [0.4, 0.5) is 5.69 Å². The molecule has 0 bridgehead atoms. The minimum atomic E-state index is -0.435. The van der Waals surface area contributed by atoms with E-state index in [2.05, 4.69) is 15.6 Å². The molecule has 0 aliphatic carbocycles. The van der Waals surface area contributed by atoms with Gasteiger partial charge in [-0.1, -0.05) is 12.1 Å². The summed E-state index contributed by atoms with van der Waals surface area (Å²) in [6, 6.07) is 10.2. The van der Waals surface area contributed by atoms with Crippen LogP contribution in [0.15, 0.2) is 42.7 Å². The maximum absolute atomic E-state index is 12.4. The zero-order chi connectivity index (χ0) is 17.7. The first-order valence-electron chi connectivity index (χ1n) is 7.38. The molecule has 0 fully saturated rings. The Bertz CT molecular complexity index is 816. The fourth-order valence-corrected chi connectivity index (χ4v) is 1.99. The van der Waals surface area contributed by atoms with E-state index in [4.69, 9.17) is 5.26 Å². The number of nitriles is 1. The number of rotatable bonds is 3. The number of amides is 2. The SMILES string of the molecule is CC(C)(C)NC(=O)c1cncc(C(=O)Nc2ccccc2C#N)c1. The summed E-state index contributed by atoms with van der Waals surface area (Å²) in [5, 5.41) is 14.5. The molecule has 0 radical (unpaired) electrons. The van der Waals surface area contributed by atoms with Crippen molar-refractivity contribution in [1.29, 1.82) is 5.26 Å². The molecule has 6 heteroatoms. The summed E-state index contributed by atoms with van der Waals surface area (Å²) < 4.78 is 0. The fraction of sp³-hybridized carbons (Fsp3) is 0.222. The summed E-state index contributed by atoms with van der Waals surface area (Å²) in [6.07, 6.45) is 2.78. The lowest BCUT2D eigenvalue weighted by Gasteiger charge is -2.20. The van der Waals surface area contributed by atoms with Gasteiger partial charge in [-0.3, -0.25) is 14.6 Å². The quantitative estimate of drug-likeness (QED) is 0.908. The van der Waals surface area contributed by atoms with Crippen molar-refractivity contribution in [3.63, 3.8) is 0 Å². The second kappa shape index (κ2) is 6.92. The predicted octanol–water partition coefficient (Wildman–Crippen LogP) is 2.73. The summed E-state index contributed by atoms with van der Waals surface area (Å²) in [5.41, 5.74) is 0.923. The number of aromatic nitrogens is 1. The Balaban J connectivity index is 2.21. The molecule has 1 aromatic carbocycles. The zero-order valence-electron chi connectivity index (χ0n) is 13.8. The Morgan fingerprint density at radius 1 is 1.08 bits per heavy atom. The minimum Gasteiger partial charge on any atom is -0.347 e. The molecule has 0 saturated carbocycles. The maximum atomic E-state index is 12.4. The topological polar surface area (TPSA) is 94.9 Å². The lowest BCUT2D eigenvalue weighted by molar-refractivity contribution is 0.0919. The van der Waals surface area contributed by atoms with Gasteiger partial charge in [0.1, 0.15) is 6.07 Å². The van der Waals surface area contributed by atoms with Gasteiger partial charge in [0.2, 0.25) is 0 Å². The van der Waals surface area contributed by atoms with E-state index in [1.165, 1.54) is 18.5 Å². The Labute approximate surface area is 140 Å². The van der Waals surface area contributed by atoms with Crippen molar-refractivity contribution < 1.29 is 9.59 Å². The molecule has 0 unspecified atom stereocenters. The van der Waals surface area contributed by atoms with Crippen molar-refractivity contribution in [1.82, 2.24) is 10.3 Å². The highest BCUT2D eigenvalue weighted by atomic mass is 16.2. The zero-order valence-corrected chi connectivity index (χ0v) is 13.8. The number of pyridine rings is 1. The van der Waals surface area contributed by atoms with Crippen molar-refractivity contribution >= 4 is 17.5 Å². The van der Waals surface area contributed by atoms with Crippen LogP contribution in [0, 0.1) is 11.3 Å². The molecular weight excluding hydrogens is 304 g/mol. The third kappa shape index (κ3) is 4.40. The van der Waals surface area contributed by atoms with Crippen LogP contribution in [-0.2, 0) is 0 Å². The third-order valence-electron chi connectivity index (χ3n) is 3.05. The molecule has 0 aliphatic heterocycles. The van der Waals surface area contributed by atoms with Crippen LogP contribution < -0.4 is 10.6 Å². The Kier molecular flexibility index (Phi) is 4.95. The Hall–Kier alpha value is -3.20. The first-order chi connectivity index (χ1) is 11.3. The van der Waals surface area contributed by atoms with Crippen molar-refractivity contribution in [3.05, 3.63) is 59.4 Å². The summed E-state index contributed by atoms with van der Waals surface area (Å²) in [7, 11) is 0. The first kappa shape index (κ1) is 17.2. The number of carbonyl (C=O) groups is 2. The molecule has 24 heavy (non-hydrogen) atoms. The van der Waals surface area contributed by atoms with Gasteiger partial charge in [-0.05, 0) is 39.0 Å². The van der Waals surface area contributed by atoms with E-state index in [0.29, 0.717) is 16.8 Å². The van der Waals surface area contributed by atoms with E-state index < -0.39 is 5.91 Å². The van der Waals surface area contributed by atoms with Crippen molar-refractivity contribution in [3.8, 4) is 6.07 Å². The highest BCUT2D eigenvalue weighted by Gasteiger charge is 2.17. The van der Waals surface area contributed by atoms with Crippen LogP contribution >= 0.6 is 0 Å². The summed E-state index contributed by atoms with van der Waals surface area (Å²) in [4.78, 5) is 28.5. The monoisotopic (exact) mass is 322 g/mol. The minimum absolute atomic E-state index is 0.240. The molecular formula is C18H18N4O2. The first-order valence-corrected chi connectivity index (χ1v) is 7.38. The van der Waals surface area contributed by atoms with E-state index >= 15 is 0 Å². The van der Waals surface area contributed by atoms with E-state index in [1.807, 2.05) is 26.8 Å². The Morgan fingerprint density at radius 3 is 2.33 bits per heavy atom. The molecule has 0 atom stereocenters. The van der Waals surface area contributed by atoms with Gasteiger partial charge in [0.15, 0.2) is 0 Å². The maximum Gasteiger partial charge on any atom is 0.257 e. The number of benzene rings is 1. The van der Waals surface area contributed by atoms with Gasteiger partial charge in [0, 0.05) is 17.9 Å². The van der Waals surface area contributed by atoms with Crippen LogP contribution in [0.2, 0.25) is 0 Å². The molecule has 1 heterocycles. The molecule has 0 saturated heterocycles.